The first-order valence-corrected chi connectivity index (χ1v) is 8.10. The molecular weight excluding hydrogens is 294 g/mol. The van der Waals surface area contributed by atoms with E-state index in [0.29, 0.717) is 19.1 Å². The summed E-state index contributed by atoms with van der Waals surface area (Å²) in [4.78, 5) is 11.3. The van der Waals surface area contributed by atoms with Gasteiger partial charge in [0, 0.05) is 12.5 Å². The Balaban J connectivity index is 1.51. The Kier molecular flexibility index (Phi) is 4.90. The van der Waals surface area contributed by atoms with E-state index in [1.54, 1.807) is 4.68 Å². The number of benzene rings is 1. The van der Waals surface area contributed by atoms with Crippen LogP contribution in [0.4, 0.5) is 0 Å². The topological polar surface area (TPSA) is 77.2 Å². The minimum absolute atomic E-state index is 0.121. The Morgan fingerprint density at radius 1 is 1.26 bits per heavy atom. The first kappa shape index (κ1) is 15.5. The van der Waals surface area contributed by atoms with Crippen molar-refractivity contribution in [3.63, 3.8) is 0 Å². The van der Waals surface area contributed by atoms with Crippen molar-refractivity contribution < 1.29 is 14.6 Å². The van der Waals surface area contributed by atoms with Crippen LogP contribution in [0.5, 0.6) is 5.75 Å². The van der Waals surface area contributed by atoms with Gasteiger partial charge in [-0.2, -0.15) is 0 Å². The third kappa shape index (κ3) is 3.70. The van der Waals surface area contributed by atoms with Crippen molar-refractivity contribution in [2.75, 3.05) is 6.61 Å². The fraction of sp³-hybridized carbons (Fsp3) is 0.471. The quantitative estimate of drug-likeness (QED) is 0.757. The molecule has 1 aliphatic carbocycles. The summed E-state index contributed by atoms with van der Waals surface area (Å²) in [6, 6.07) is 9.72. The maximum atomic E-state index is 11.3. The number of ether oxygens (including phenoxy) is 1. The summed E-state index contributed by atoms with van der Waals surface area (Å²) in [6.45, 7) is 1.33. The lowest BCUT2D eigenvalue weighted by molar-refractivity contribution is 0.0687. The molecule has 6 nitrogen and oxygen atoms in total. The van der Waals surface area contributed by atoms with E-state index in [1.165, 1.54) is 0 Å². The van der Waals surface area contributed by atoms with Gasteiger partial charge in [-0.1, -0.05) is 29.8 Å². The van der Waals surface area contributed by atoms with E-state index in [1.807, 2.05) is 30.3 Å². The van der Waals surface area contributed by atoms with Crippen LogP contribution in [0, 0.1) is 0 Å². The molecule has 0 atom stereocenters. The lowest BCUT2D eigenvalue weighted by atomic mass is 9.82. The molecule has 1 fully saturated rings. The molecule has 2 aromatic rings. The predicted octanol–water partition coefficient (Wildman–Crippen LogP) is 3.10. The highest BCUT2D eigenvalue weighted by atomic mass is 16.5. The van der Waals surface area contributed by atoms with Gasteiger partial charge < -0.3 is 9.84 Å². The molecule has 1 aromatic heterocycles. The van der Waals surface area contributed by atoms with Gasteiger partial charge in [-0.25, -0.2) is 9.48 Å². The monoisotopic (exact) mass is 315 g/mol. The summed E-state index contributed by atoms with van der Waals surface area (Å²) >= 11 is 0. The number of para-hydroxylation sites is 1. The van der Waals surface area contributed by atoms with Crippen LogP contribution >= 0.6 is 0 Å². The molecule has 0 amide bonds. The van der Waals surface area contributed by atoms with E-state index in [0.717, 1.165) is 43.5 Å². The van der Waals surface area contributed by atoms with E-state index < -0.39 is 5.97 Å². The number of carbonyl (C=O) groups is 1. The molecular formula is C17H21N3O3. The van der Waals surface area contributed by atoms with Gasteiger partial charge in [0.05, 0.1) is 12.3 Å². The van der Waals surface area contributed by atoms with Crippen molar-refractivity contribution in [2.24, 2.45) is 0 Å². The average molecular weight is 315 g/mol. The molecule has 0 spiro atoms. The van der Waals surface area contributed by atoms with Crippen molar-refractivity contribution in [2.45, 2.75) is 44.6 Å². The molecule has 1 saturated carbocycles. The molecule has 1 N–H and O–H groups in total. The molecule has 0 aliphatic heterocycles. The van der Waals surface area contributed by atoms with Crippen LogP contribution in [0.15, 0.2) is 30.3 Å². The van der Waals surface area contributed by atoms with Gasteiger partial charge >= 0.3 is 5.97 Å². The molecule has 122 valence electrons. The van der Waals surface area contributed by atoms with Crippen LogP contribution in [0.3, 0.4) is 0 Å². The molecule has 1 heterocycles. The number of carboxylic acid groups (broad SMARTS) is 1. The third-order valence-corrected chi connectivity index (χ3v) is 4.24. The van der Waals surface area contributed by atoms with Gasteiger partial charge in [0.25, 0.3) is 0 Å². The Labute approximate surface area is 135 Å². The summed E-state index contributed by atoms with van der Waals surface area (Å²) in [7, 11) is 0. The zero-order chi connectivity index (χ0) is 16.1. The van der Waals surface area contributed by atoms with Crippen LogP contribution < -0.4 is 4.74 Å². The van der Waals surface area contributed by atoms with E-state index in [2.05, 4.69) is 10.3 Å². The second-order valence-electron chi connectivity index (χ2n) is 5.85. The molecule has 1 aromatic carbocycles. The highest BCUT2D eigenvalue weighted by molar-refractivity contribution is 5.86. The summed E-state index contributed by atoms with van der Waals surface area (Å²) in [5.41, 5.74) is 0.919. The number of aromatic carboxylic acids is 1. The van der Waals surface area contributed by atoms with Crippen molar-refractivity contribution in [1.29, 1.82) is 0 Å². The van der Waals surface area contributed by atoms with Gasteiger partial charge in [0.15, 0.2) is 5.69 Å². The highest BCUT2D eigenvalue weighted by Gasteiger charge is 2.30. The van der Waals surface area contributed by atoms with Gasteiger partial charge in [-0.05, 0) is 37.8 Å². The predicted molar refractivity (Wildman–Crippen MR) is 84.7 cm³/mol. The number of nitrogens with zero attached hydrogens (tertiary/aromatic N) is 3. The first-order valence-electron chi connectivity index (χ1n) is 8.10. The minimum Gasteiger partial charge on any atom is -0.494 e. The fourth-order valence-electron chi connectivity index (χ4n) is 2.79. The Morgan fingerprint density at radius 2 is 2.04 bits per heavy atom. The normalized spacial score (nSPS) is 14.4. The largest absolute Gasteiger partial charge is 0.494 e. The van der Waals surface area contributed by atoms with Crippen LogP contribution in [0.1, 0.15) is 54.2 Å². The van der Waals surface area contributed by atoms with E-state index in [-0.39, 0.29) is 5.69 Å². The van der Waals surface area contributed by atoms with Gasteiger partial charge in [-0.3, -0.25) is 0 Å². The lowest BCUT2D eigenvalue weighted by Gasteiger charge is -2.26. The van der Waals surface area contributed by atoms with Gasteiger partial charge in [0.2, 0.25) is 0 Å². The zero-order valence-corrected chi connectivity index (χ0v) is 13.0. The molecule has 3 rings (SSSR count). The fourth-order valence-corrected chi connectivity index (χ4v) is 2.79. The Hall–Kier alpha value is -2.37. The van der Waals surface area contributed by atoms with Crippen LogP contribution in [0.25, 0.3) is 0 Å². The number of aryl methyl sites for hydroxylation is 1. The molecule has 1 aliphatic rings. The summed E-state index contributed by atoms with van der Waals surface area (Å²) in [5.74, 6) is 0.193. The molecule has 0 bridgehead atoms. The Morgan fingerprint density at radius 3 is 2.70 bits per heavy atom. The molecule has 0 saturated heterocycles. The number of hydrogen-bond acceptors (Lipinski definition) is 4. The summed E-state index contributed by atoms with van der Waals surface area (Å²) in [5, 5.41) is 17.1. The second kappa shape index (κ2) is 7.26. The Bertz CT molecular complexity index is 650. The van der Waals surface area contributed by atoms with Crippen LogP contribution in [-0.4, -0.2) is 32.7 Å². The highest BCUT2D eigenvalue weighted by Crippen LogP contribution is 2.37. The summed E-state index contributed by atoms with van der Waals surface area (Å²) < 4.78 is 7.43. The van der Waals surface area contributed by atoms with Crippen molar-refractivity contribution in [3.05, 3.63) is 41.7 Å². The molecule has 0 radical (unpaired) electrons. The van der Waals surface area contributed by atoms with Gasteiger partial charge in [0.1, 0.15) is 5.75 Å². The maximum absolute atomic E-state index is 11.3. The minimum atomic E-state index is -0.981. The first-order chi connectivity index (χ1) is 11.3. The zero-order valence-electron chi connectivity index (χ0n) is 13.0. The van der Waals surface area contributed by atoms with Crippen molar-refractivity contribution in [1.82, 2.24) is 15.0 Å². The lowest BCUT2D eigenvalue weighted by Crippen LogP contribution is -2.18. The number of unbranched alkanes of at least 4 members (excludes halogenated alkanes) is 1. The second-order valence-corrected chi connectivity index (χ2v) is 5.85. The van der Waals surface area contributed by atoms with Crippen LogP contribution in [0.2, 0.25) is 0 Å². The van der Waals surface area contributed by atoms with Gasteiger partial charge in [-0.15, -0.1) is 5.10 Å². The number of carboxylic acids is 1. The van der Waals surface area contributed by atoms with Crippen molar-refractivity contribution >= 4 is 5.97 Å². The van der Waals surface area contributed by atoms with E-state index in [4.69, 9.17) is 4.74 Å². The smallest absolute Gasteiger partial charge is 0.358 e. The van der Waals surface area contributed by atoms with Crippen molar-refractivity contribution in [3.8, 4) is 5.75 Å². The molecule has 23 heavy (non-hydrogen) atoms. The maximum Gasteiger partial charge on any atom is 0.358 e. The van der Waals surface area contributed by atoms with E-state index in [9.17, 15) is 9.90 Å². The number of hydrogen-bond donors (Lipinski definition) is 1. The van der Waals surface area contributed by atoms with E-state index >= 15 is 0 Å². The van der Waals surface area contributed by atoms with Crippen LogP contribution in [-0.2, 0) is 6.54 Å². The SMILES string of the molecule is O=C(O)c1nnn(CCCCOc2ccccc2)c1C1CCC1. The number of aromatic nitrogens is 3. The summed E-state index contributed by atoms with van der Waals surface area (Å²) in [6.07, 6.45) is 4.99. The average Bonchev–Trinajstić information content (AvgIpc) is 2.90. The molecule has 0 unspecified atom stereocenters. The third-order valence-electron chi connectivity index (χ3n) is 4.24. The standard InChI is InChI=1S/C17H21N3O3/c21-17(22)15-16(13-7-6-8-13)20(19-18-15)11-4-5-12-23-14-9-2-1-3-10-14/h1-3,9-10,13H,4-8,11-12H2,(H,21,22). The molecule has 6 heteroatoms. The number of rotatable bonds is 8.